The van der Waals surface area contributed by atoms with Gasteiger partial charge in [0, 0.05) is 38.6 Å². The van der Waals surface area contributed by atoms with Gasteiger partial charge in [-0.05, 0) is 66.8 Å². The lowest BCUT2D eigenvalue weighted by Gasteiger charge is -2.19. The number of benzene rings is 2. The monoisotopic (exact) mass is 344 g/mol. The summed E-state index contributed by atoms with van der Waals surface area (Å²) in [6.07, 6.45) is 1.07. The molecule has 3 rings (SSSR count). The number of nitrogens with zero attached hydrogens (tertiary/aromatic N) is 2. The van der Waals surface area contributed by atoms with Crippen LogP contribution in [0.2, 0.25) is 0 Å². The predicted molar refractivity (Wildman–Crippen MR) is 119 cm³/mol. The van der Waals surface area contributed by atoms with Gasteiger partial charge in [0.2, 0.25) is 0 Å². The summed E-state index contributed by atoms with van der Waals surface area (Å²) < 4.78 is 0. The lowest BCUT2D eigenvalue weighted by Crippen LogP contribution is -2.16. The van der Waals surface area contributed by atoms with Crippen LogP contribution in [0, 0.1) is 0 Å². The van der Waals surface area contributed by atoms with Crippen molar-refractivity contribution >= 4 is 11.4 Å². The molecule has 2 nitrogen and oxygen atoms in total. The van der Waals surface area contributed by atoms with Gasteiger partial charge < -0.3 is 9.80 Å². The molecule has 0 fully saturated rings. The average Bonchev–Trinajstić information content (AvgIpc) is 2.90. The highest BCUT2D eigenvalue weighted by Crippen LogP contribution is 2.40. The minimum atomic E-state index is 0. The normalized spacial score (nSPS) is 10.1. The highest BCUT2D eigenvalue weighted by Gasteiger charge is 2.20. The Bertz CT molecular complexity index is 604. The molecule has 0 saturated carbocycles. The quantitative estimate of drug-likeness (QED) is 0.518. The third kappa shape index (κ3) is 4.56. The Morgan fingerprint density at radius 2 is 1.04 bits per heavy atom. The molecule has 0 heterocycles. The molecule has 1 aliphatic carbocycles. The van der Waals surface area contributed by atoms with Crippen LogP contribution in [0.5, 0.6) is 0 Å². The van der Waals surface area contributed by atoms with Gasteiger partial charge in [0.1, 0.15) is 0 Å². The first kappa shape index (κ1) is 25.3. The van der Waals surface area contributed by atoms with Gasteiger partial charge in [-0.3, -0.25) is 0 Å². The molecule has 0 radical (unpaired) electrons. The van der Waals surface area contributed by atoms with Crippen molar-refractivity contribution in [3.63, 3.8) is 0 Å². The summed E-state index contributed by atoms with van der Waals surface area (Å²) in [4.78, 5) is 4.58. The summed E-state index contributed by atoms with van der Waals surface area (Å²) >= 11 is 0. The maximum atomic E-state index is 2.35. The van der Waals surface area contributed by atoms with E-state index in [1.54, 1.807) is 0 Å². The summed E-state index contributed by atoms with van der Waals surface area (Å²) in [6, 6.07) is 13.8. The molecule has 0 unspecified atom stereocenters. The van der Waals surface area contributed by atoms with Crippen molar-refractivity contribution in [1.29, 1.82) is 0 Å². The molecule has 0 saturated heterocycles. The molecule has 0 amide bonds. The van der Waals surface area contributed by atoms with Gasteiger partial charge in [0.05, 0.1) is 0 Å². The predicted octanol–water partition coefficient (Wildman–Crippen LogP) is 6.71. The molecule has 0 bridgehead atoms. The molecule has 0 spiro atoms. The third-order valence-corrected chi connectivity index (χ3v) is 4.69. The molecule has 1 aliphatic rings. The van der Waals surface area contributed by atoms with Crippen molar-refractivity contribution in [1.82, 2.24) is 0 Å². The van der Waals surface area contributed by atoms with Gasteiger partial charge in [-0.15, -0.1) is 0 Å². The van der Waals surface area contributed by atoms with Crippen molar-refractivity contribution in [2.75, 3.05) is 37.0 Å². The van der Waals surface area contributed by atoms with Crippen LogP contribution in [0.4, 0.5) is 11.4 Å². The van der Waals surface area contributed by atoms with E-state index in [2.05, 4.69) is 74.1 Å². The van der Waals surface area contributed by atoms with Crippen LogP contribution in [-0.4, -0.2) is 27.2 Å². The van der Waals surface area contributed by atoms with Crippen LogP contribution in [0.3, 0.4) is 0 Å². The second-order valence-electron chi connectivity index (χ2n) is 5.89. The largest absolute Gasteiger partial charge is 0.375 e. The zero-order valence-electron chi connectivity index (χ0n) is 13.5. The summed E-state index contributed by atoms with van der Waals surface area (Å²) in [5.41, 5.74) is 8.34. The van der Waals surface area contributed by atoms with E-state index in [4.69, 9.17) is 0 Å². The van der Waals surface area contributed by atoms with Crippen LogP contribution in [0.15, 0.2) is 36.4 Å². The van der Waals surface area contributed by atoms with Gasteiger partial charge in [0.25, 0.3) is 0 Å². The third-order valence-electron chi connectivity index (χ3n) is 4.69. The number of hydrogen-bond donors (Lipinski definition) is 0. The van der Waals surface area contributed by atoms with Gasteiger partial charge in [0.15, 0.2) is 0 Å². The average molecular weight is 345 g/mol. The van der Waals surface area contributed by atoms with E-state index in [0.717, 1.165) is 19.5 Å². The molecule has 2 heteroatoms. The number of hydrogen-bond acceptors (Lipinski definition) is 2. The van der Waals surface area contributed by atoms with Crippen molar-refractivity contribution in [2.24, 2.45) is 0 Å². The Morgan fingerprint density at radius 1 is 0.680 bits per heavy atom. The fourth-order valence-electron chi connectivity index (χ4n) is 2.98. The first-order chi connectivity index (χ1) is 10.1. The number of rotatable bonds is 4. The molecule has 0 aromatic heterocycles. The van der Waals surface area contributed by atoms with E-state index < -0.39 is 0 Å². The Labute approximate surface area is 157 Å². The van der Waals surface area contributed by atoms with Crippen molar-refractivity contribution in [3.8, 4) is 11.1 Å². The van der Waals surface area contributed by atoms with E-state index in [-0.39, 0.29) is 29.7 Å². The summed E-state index contributed by atoms with van der Waals surface area (Å²) in [5, 5.41) is 0. The Hall–Kier alpha value is -1.96. The molecular weight excluding hydrogens is 304 g/mol. The fraction of sp³-hybridized carbons (Fsp3) is 0.478. The molecule has 0 atom stereocenters. The molecule has 0 aliphatic heterocycles. The number of anilines is 2. The molecule has 2 aromatic carbocycles. The van der Waals surface area contributed by atoms with Crippen LogP contribution < -0.4 is 9.80 Å². The zero-order valence-corrected chi connectivity index (χ0v) is 13.5. The van der Waals surface area contributed by atoms with E-state index in [1.807, 2.05) is 0 Å². The summed E-state index contributed by atoms with van der Waals surface area (Å²) in [7, 11) is 4.30. The summed E-state index contributed by atoms with van der Waals surface area (Å²) in [5.74, 6) is 0. The van der Waals surface area contributed by atoms with E-state index in [0.29, 0.717) is 0 Å². The second kappa shape index (κ2) is 10.1. The smallest absolute Gasteiger partial charge is 0.0369 e. The van der Waals surface area contributed by atoms with Crippen molar-refractivity contribution in [2.45, 2.75) is 50.0 Å². The molecule has 2 aromatic rings. The topological polar surface area (TPSA) is 6.48 Å². The Balaban J connectivity index is 0. The molecule has 25 heavy (non-hydrogen) atoms. The van der Waals surface area contributed by atoms with Crippen molar-refractivity contribution in [3.05, 3.63) is 47.5 Å². The van der Waals surface area contributed by atoms with Crippen LogP contribution in [-0.2, 0) is 6.42 Å². The summed E-state index contributed by atoms with van der Waals surface area (Å²) in [6.45, 7) is 6.44. The second-order valence-corrected chi connectivity index (χ2v) is 5.89. The van der Waals surface area contributed by atoms with Crippen LogP contribution >= 0.6 is 0 Å². The minimum Gasteiger partial charge on any atom is -0.375 e. The Morgan fingerprint density at radius 3 is 1.36 bits per heavy atom. The molecular formula is C23H40N2. The standard InChI is InChI=1S/C19H24N2.4CH4/c1-5-20(3)16-9-7-14-11-15-8-10-17(21(4)6-2)13-19(15)18(14)12-16;;;;/h7-10,12-13H,5-6,11H2,1-4H3;4*1H4. The lowest BCUT2D eigenvalue weighted by molar-refractivity contribution is 0.967. The van der Waals surface area contributed by atoms with E-state index in [9.17, 15) is 0 Å². The molecule has 142 valence electrons. The highest BCUT2D eigenvalue weighted by atomic mass is 15.1. The fourth-order valence-corrected chi connectivity index (χ4v) is 2.98. The SMILES string of the molecule is C.C.C.C.CCN(C)c1ccc2c(c1)-c1cc(N(C)CC)ccc1C2. The van der Waals surface area contributed by atoms with Gasteiger partial charge in [-0.25, -0.2) is 0 Å². The Kier molecular flexibility index (Phi) is 10.2. The zero-order chi connectivity index (χ0) is 15.0. The first-order valence-electron chi connectivity index (χ1n) is 7.82. The maximum absolute atomic E-state index is 2.35. The first-order valence-corrected chi connectivity index (χ1v) is 7.82. The van der Waals surface area contributed by atoms with E-state index >= 15 is 0 Å². The minimum absolute atomic E-state index is 0. The van der Waals surface area contributed by atoms with Gasteiger partial charge in [-0.1, -0.05) is 41.8 Å². The lowest BCUT2D eigenvalue weighted by atomic mass is 10.0. The van der Waals surface area contributed by atoms with Crippen LogP contribution in [0.1, 0.15) is 54.7 Å². The van der Waals surface area contributed by atoms with Gasteiger partial charge in [-0.2, -0.15) is 0 Å². The molecule has 0 N–H and O–H groups in total. The van der Waals surface area contributed by atoms with Crippen molar-refractivity contribution < 1.29 is 0 Å². The highest BCUT2D eigenvalue weighted by molar-refractivity contribution is 5.82. The maximum Gasteiger partial charge on any atom is 0.0369 e. The number of fused-ring (bicyclic) bond motifs is 3. The van der Waals surface area contributed by atoms with Crippen LogP contribution in [0.25, 0.3) is 11.1 Å². The van der Waals surface area contributed by atoms with Gasteiger partial charge >= 0.3 is 0 Å². The van der Waals surface area contributed by atoms with E-state index in [1.165, 1.54) is 33.6 Å².